The summed E-state index contributed by atoms with van der Waals surface area (Å²) in [5.41, 5.74) is 1.40. The fourth-order valence-corrected chi connectivity index (χ4v) is 3.82. The molecule has 1 unspecified atom stereocenters. The number of nitrogens with zero attached hydrogens (tertiary/aromatic N) is 6. The zero-order chi connectivity index (χ0) is 21.9. The second kappa shape index (κ2) is 8.58. The maximum atomic E-state index is 14.2. The van der Waals surface area contributed by atoms with E-state index in [9.17, 15) is 9.18 Å². The van der Waals surface area contributed by atoms with Crippen LogP contribution in [0.1, 0.15) is 28.8 Å². The minimum Gasteiger partial charge on any atom is -0.478 e. The summed E-state index contributed by atoms with van der Waals surface area (Å²) in [7, 11) is 0. The van der Waals surface area contributed by atoms with Gasteiger partial charge >= 0.3 is 0 Å². The third-order valence-electron chi connectivity index (χ3n) is 5.37. The Morgan fingerprint density at radius 1 is 1.28 bits per heavy atom. The predicted octanol–water partition coefficient (Wildman–Crippen LogP) is 3.27. The number of hydrogen-bond acceptors (Lipinski definition) is 7. The van der Waals surface area contributed by atoms with E-state index in [1.54, 1.807) is 35.1 Å². The van der Waals surface area contributed by atoms with Crippen LogP contribution in [0.3, 0.4) is 0 Å². The highest BCUT2D eigenvalue weighted by molar-refractivity contribution is 6.08. The average Bonchev–Trinajstić information content (AvgIpc) is 3.44. The number of carbonyl (C=O) groups is 1. The zero-order valence-electron chi connectivity index (χ0n) is 17.1. The average molecular weight is 433 g/mol. The molecule has 0 saturated carbocycles. The maximum absolute atomic E-state index is 14.2. The summed E-state index contributed by atoms with van der Waals surface area (Å²) in [6.45, 7) is 0.884. The van der Waals surface area contributed by atoms with Gasteiger partial charge in [-0.05, 0) is 31.1 Å². The van der Waals surface area contributed by atoms with Gasteiger partial charge in [-0.3, -0.25) is 4.79 Å². The van der Waals surface area contributed by atoms with Crippen LogP contribution in [0.5, 0.6) is 0 Å². The third-order valence-corrected chi connectivity index (χ3v) is 5.37. The van der Waals surface area contributed by atoms with Crippen molar-refractivity contribution in [2.24, 2.45) is 4.99 Å². The van der Waals surface area contributed by atoms with E-state index in [0.29, 0.717) is 28.4 Å². The molecule has 9 nitrogen and oxygen atoms in total. The molecule has 5 heterocycles. The number of nitrogens with one attached hydrogen (secondary N) is 1. The molecule has 2 bridgehead atoms. The zero-order valence-corrected chi connectivity index (χ0v) is 17.1. The van der Waals surface area contributed by atoms with Gasteiger partial charge in [0.25, 0.3) is 5.91 Å². The molecule has 0 radical (unpaired) electrons. The maximum Gasteiger partial charge on any atom is 0.262 e. The van der Waals surface area contributed by atoms with Crippen molar-refractivity contribution in [2.45, 2.75) is 25.5 Å². The molecule has 0 aromatic carbocycles. The van der Waals surface area contributed by atoms with E-state index in [4.69, 9.17) is 9.72 Å². The number of rotatable bonds is 0. The lowest BCUT2D eigenvalue weighted by molar-refractivity contribution is 0.102. The molecule has 3 aromatic rings. The summed E-state index contributed by atoms with van der Waals surface area (Å²) >= 11 is 0. The molecular weight excluding hydrogens is 413 g/mol. The first-order valence-corrected chi connectivity index (χ1v) is 10.2. The highest BCUT2D eigenvalue weighted by Crippen LogP contribution is 2.26. The number of anilines is 2. The highest BCUT2D eigenvalue weighted by Gasteiger charge is 2.25. The number of hydrogen-bond donors (Lipinski definition) is 1. The molecule has 32 heavy (non-hydrogen) atoms. The van der Waals surface area contributed by atoms with Crippen LogP contribution in [-0.2, 0) is 11.3 Å². The van der Waals surface area contributed by atoms with Crippen molar-refractivity contribution in [1.29, 1.82) is 0 Å². The van der Waals surface area contributed by atoms with Crippen LogP contribution >= 0.6 is 0 Å². The summed E-state index contributed by atoms with van der Waals surface area (Å²) in [6.07, 6.45) is 12.1. The number of allylic oxidation sites excluding steroid dienone is 2. The van der Waals surface area contributed by atoms with Crippen molar-refractivity contribution in [2.75, 3.05) is 16.8 Å². The molecule has 1 saturated heterocycles. The Kier molecular flexibility index (Phi) is 5.32. The van der Waals surface area contributed by atoms with Gasteiger partial charge in [-0.2, -0.15) is 5.10 Å². The van der Waals surface area contributed by atoms with E-state index in [2.05, 4.69) is 25.3 Å². The van der Waals surface area contributed by atoms with Crippen LogP contribution in [-0.4, -0.2) is 44.5 Å². The lowest BCUT2D eigenvalue weighted by Crippen LogP contribution is -2.28. The smallest absolute Gasteiger partial charge is 0.262 e. The monoisotopic (exact) mass is 433 g/mol. The molecule has 2 aliphatic heterocycles. The van der Waals surface area contributed by atoms with Crippen molar-refractivity contribution in [3.63, 3.8) is 0 Å². The van der Waals surface area contributed by atoms with Gasteiger partial charge in [0, 0.05) is 30.5 Å². The Hall–Kier alpha value is -4.08. The SMILES string of the molecule is O=C1Nc2ncccc2CO/C=N/C=C(F)\C=C\C2CCCN2c2ccn3ncc1c3n2. The summed E-state index contributed by atoms with van der Waals surface area (Å²) in [4.78, 5) is 27.9. The van der Waals surface area contributed by atoms with Gasteiger partial charge in [0.15, 0.2) is 12.0 Å². The fraction of sp³-hybridized carbons (Fsp3) is 0.227. The number of halogens is 1. The Bertz CT molecular complexity index is 1250. The molecule has 10 heteroatoms. The molecule has 0 aliphatic carbocycles. The van der Waals surface area contributed by atoms with Crippen LogP contribution in [0.25, 0.3) is 5.65 Å². The molecule has 0 spiro atoms. The molecule has 1 atom stereocenters. The van der Waals surface area contributed by atoms with E-state index < -0.39 is 5.83 Å². The van der Waals surface area contributed by atoms with Gasteiger partial charge in [0.1, 0.15) is 29.6 Å². The molecule has 1 N–H and O–H groups in total. The van der Waals surface area contributed by atoms with Crippen LogP contribution in [0, 0.1) is 0 Å². The molecule has 1 amide bonds. The van der Waals surface area contributed by atoms with Crippen LogP contribution in [0.4, 0.5) is 16.0 Å². The van der Waals surface area contributed by atoms with Crippen molar-refractivity contribution in [3.8, 4) is 0 Å². The number of pyridine rings is 1. The van der Waals surface area contributed by atoms with Crippen LogP contribution in [0.2, 0.25) is 0 Å². The molecule has 162 valence electrons. The van der Waals surface area contributed by atoms with E-state index >= 15 is 0 Å². The van der Waals surface area contributed by atoms with E-state index in [0.717, 1.165) is 32.0 Å². The number of amides is 1. The van der Waals surface area contributed by atoms with Crippen molar-refractivity contribution >= 4 is 29.6 Å². The van der Waals surface area contributed by atoms with Gasteiger partial charge < -0.3 is 15.0 Å². The number of ether oxygens (including phenoxy) is 1. The predicted molar refractivity (Wildman–Crippen MR) is 117 cm³/mol. The van der Waals surface area contributed by atoms with Gasteiger partial charge in [-0.15, -0.1) is 0 Å². The second-order valence-electron chi connectivity index (χ2n) is 7.42. The fourth-order valence-electron chi connectivity index (χ4n) is 3.82. The lowest BCUT2D eigenvalue weighted by Gasteiger charge is -2.23. The summed E-state index contributed by atoms with van der Waals surface area (Å²) in [5.74, 6) is 0.206. The minimum atomic E-state index is -0.478. The number of aliphatic imine (C=N–C) groups is 1. The second-order valence-corrected chi connectivity index (χ2v) is 7.42. The van der Waals surface area contributed by atoms with Gasteiger partial charge in [0.2, 0.25) is 0 Å². The van der Waals surface area contributed by atoms with E-state index in [1.807, 2.05) is 6.07 Å². The summed E-state index contributed by atoms with van der Waals surface area (Å²) in [6, 6.07) is 5.34. The summed E-state index contributed by atoms with van der Waals surface area (Å²) in [5, 5.41) is 7.06. The summed E-state index contributed by atoms with van der Waals surface area (Å²) < 4.78 is 21.1. The molecule has 2 aliphatic rings. The molecule has 3 aromatic heterocycles. The quantitative estimate of drug-likeness (QED) is 0.585. The van der Waals surface area contributed by atoms with Crippen molar-refractivity contribution < 1.29 is 13.9 Å². The van der Waals surface area contributed by atoms with Crippen LogP contribution < -0.4 is 10.2 Å². The Balaban J connectivity index is 1.57. The number of carbonyl (C=O) groups excluding carboxylic acids is 1. The molecule has 5 rings (SSSR count). The van der Waals surface area contributed by atoms with E-state index in [1.165, 1.54) is 12.3 Å². The minimum absolute atomic E-state index is 0.0144. The van der Waals surface area contributed by atoms with E-state index in [-0.39, 0.29) is 18.6 Å². The lowest BCUT2D eigenvalue weighted by atomic mass is 10.2. The molecular formula is C22H20FN7O2. The van der Waals surface area contributed by atoms with Gasteiger partial charge in [-0.1, -0.05) is 12.1 Å². The standard InChI is InChI=1S/C22H20FN7O2/c23-16-5-6-17-4-2-9-29(17)19-7-10-30-21(27-19)18(12-26-30)22(31)28-20-15(3-1-8-25-20)13-32-14-24-11-16/h1,3,5-8,10-12,14,17H,2,4,9,13H2,(H,25,28,31)/b6-5+,16-11+,24-14+. The normalized spacial score (nSPS) is 22.7. The number of fused-ring (bicyclic) bond motifs is 4. The van der Waals surface area contributed by atoms with Crippen molar-refractivity contribution in [3.05, 3.63) is 72.1 Å². The Morgan fingerprint density at radius 3 is 3.16 bits per heavy atom. The number of aromatic nitrogens is 4. The third kappa shape index (κ3) is 3.94. The largest absolute Gasteiger partial charge is 0.478 e. The first kappa shape index (κ1) is 19.9. The highest BCUT2D eigenvalue weighted by atomic mass is 19.1. The molecule has 1 fully saturated rings. The Morgan fingerprint density at radius 2 is 2.22 bits per heavy atom. The van der Waals surface area contributed by atoms with Crippen LogP contribution in [0.15, 0.2) is 66.0 Å². The van der Waals surface area contributed by atoms with Gasteiger partial charge in [-0.25, -0.2) is 23.9 Å². The van der Waals surface area contributed by atoms with Gasteiger partial charge in [0.05, 0.1) is 12.4 Å². The Labute approximate surface area is 183 Å². The van der Waals surface area contributed by atoms with Crippen molar-refractivity contribution in [1.82, 2.24) is 19.6 Å². The topological polar surface area (TPSA) is 97.0 Å². The first-order valence-electron chi connectivity index (χ1n) is 10.2. The first-order chi connectivity index (χ1) is 15.7.